The van der Waals surface area contributed by atoms with Gasteiger partial charge in [0.05, 0.1) is 22.4 Å². The summed E-state index contributed by atoms with van der Waals surface area (Å²) in [7, 11) is 0. The van der Waals surface area contributed by atoms with E-state index in [1.165, 1.54) is 11.3 Å². The quantitative estimate of drug-likeness (QED) is 0.269. The molecular weight excluding hydrogens is 502 g/mol. The highest BCUT2D eigenvalue weighted by Gasteiger charge is 2.81. The van der Waals surface area contributed by atoms with Gasteiger partial charge < -0.3 is 19.7 Å². The number of aromatic hydroxyl groups is 2. The summed E-state index contributed by atoms with van der Waals surface area (Å²) in [6, 6.07) is 18.3. The summed E-state index contributed by atoms with van der Waals surface area (Å²) >= 11 is 1.54. The molecule has 0 spiro atoms. The van der Waals surface area contributed by atoms with Gasteiger partial charge in [0.2, 0.25) is 0 Å². The molecule has 2 aliphatic heterocycles. The summed E-state index contributed by atoms with van der Waals surface area (Å²) in [5.74, 6) is -0.538. The Labute approximate surface area is 225 Å². The molecule has 2 N–H and O–H groups in total. The summed E-state index contributed by atoms with van der Waals surface area (Å²) in [5, 5.41) is 22.1. The molecule has 38 heavy (non-hydrogen) atoms. The third kappa shape index (κ3) is 3.55. The second-order valence-electron chi connectivity index (χ2n) is 11.7. The number of thiazole rings is 1. The number of ether oxygens (including phenoxy) is 2. The van der Waals surface area contributed by atoms with Crippen molar-refractivity contribution in [2.75, 3.05) is 6.61 Å². The number of rotatable bonds is 5. The van der Waals surface area contributed by atoms with E-state index in [0.717, 1.165) is 20.8 Å². The molecule has 1 aromatic heterocycles. The van der Waals surface area contributed by atoms with Crippen molar-refractivity contribution in [1.29, 1.82) is 0 Å². The minimum atomic E-state index is -1.16. The molecule has 4 aromatic rings. The van der Waals surface area contributed by atoms with E-state index < -0.39 is 11.4 Å². The van der Waals surface area contributed by atoms with Crippen LogP contribution in [0, 0.1) is 10.8 Å². The van der Waals surface area contributed by atoms with Gasteiger partial charge in [-0.25, -0.2) is 9.87 Å². The maximum Gasteiger partial charge on any atom is 0.261 e. The van der Waals surface area contributed by atoms with Crippen molar-refractivity contribution in [2.45, 2.75) is 52.6 Å². The van der Waals surface area contributed by atoms with E-state index in [-0.39, 0.29) is 28.9 Å². The third-order valence-electron chi connectivity index (χ3n) is 7.66. The number of nitrogens with zero attached hydrogens (tertiary/aromatic N) is 1. The smallest absolute Gasteiger partial charge is 0.261 e. The van der Waals surface area contributed by atoms with E-state index in [2.05, 4.69) is 39.6 Å². The van der Waals surface area contributed by atoms with Gasteiger partial charge >= 0.3 is 0 Å². The Balaban J connectivity index is 1.25. The summed E-state index contributed by atoms with van der Waals surface area (Å²) in [4.78, 5) is 16.3. The third-order valence-corrected chi connectivity index (χ3v) is 8.73. The fourth-order valence-electron chi connectivity index (χ4n) is 6.10. The molecule has 7 nitrogen and oxygen atoms in total. The highest BCUT2D eigenvalue weighted by Crippen LogP contribution is 2.69. The average molecular weight is 534 g/mol. The SMILES string of the molecule is CC(C)(C)C12OOC1(c1cc(O)cc(OCc3ccc(-c4nc5ccccc5s4)c(O)c3)c1)OCC2(C)C. The highest BCUT2D eigenvalue weighted by molar-refractivity contribution is 7.21. The highest BCUT2D eigenvalue weighted by atomic mass is 32.1. The van der Waals surface area contributed by atoms with Crippen LogP contribution in [0.3, 0.4) is 0 Å². The topological polar surface area (TPSA) is 90.3 Å². The van der Waals surface area contributed by atoms with Crippen molar-refractivity contribution in [3.63, 3.8) is 0 Å². The van der Waals surface area contributed by atoms with Crippen LogP contribution in [0.1, 0.15) is 45.7 Å². The van der Waals surface area contributed by atoms with Crippen molar-refractivity contribution in [2.24, 2.45) is 10.8 Å². The largest absolute Gasteiger partial charge is 0.508 e. The number of phenols is 2. The number of hydrogen-bond donors (Lipinski definition) is 2. The molecule has 3 heterocycles. The summed E-state index contributed by atoms with van der Waals surface area (Å²) in [6.45, 7) is 11.1. The molecular formula is C30H31NO6S. The lowest BCUT2D eigenvalue weighted by Gasteiger charge is -2.61. The van der Waals surface area contributed by atoms with Crippen LogP contribution >= 0.6 is 11.3 Å². The fraction of sp³-hybridized carbons (Fsp3) is 0.367. The first kappa shape index (κ1) is 25.1. The van der Waals surface area contributed by atoms with Gasteiger partial charge in [0.25, 0.3) is 5.79 Å². The van der Waals surface area contributed by atoms with Crippen LogP contribution in [0.15, 0.2) is 60.7 Å². The lowest BCUT2D eigenvalue weighted by atomic mass is 9.57. The van der Waals surface area contributed by atoms with Crippen LogP contribution < -0.4 is 4.74 Å². The predicted molar refractivity (Wildman–Crippen MR) is 145 cm³/mol. The number of hydrogen-bond acceptors (Lipinski definition) is 8. The van der Waals surface area contributed by atoms with E-state index in [1.807, 2.05) is 42.5 Å². The Bertz CT molecular complexity index is 1510. The molecule has 198 valence electrons. The number of para-hydroxylation sites is 1. The summed E-state index contributed by atoms with van der Waals surface area (Å²) in [5.41, 5.74) is 1.58. The maximum absolute atomic E-state index is 10.7. The molecule has 2 saturated heterocycles. The van der Waals surface area contributed by atoms with Gasteiger partial charge in [0, 0.05) is 22.5 Å². The molecule has 2 unspecified atom stereocenters. The Morgan fingerprint density at radius 2 is 1.79 bits per heavy atom. The Morgan fingerprint density at radius 3 is 2.47 bits per heavy atom. The van der Waals surface area contributed by atoms with Crippen LogP contribution in [-0.4, -0.2) is 27.4 Å². The predicted octanol–water partition coefficient (Wildman–Crippen LogP) is 6.91. The van der Waals surface area contributed by atoms with E-state index >= 15 is 0 Å². The van der Waals surface area contributed by atoms with Crippen molar-refractivity contribution < 1.29 is 29.5 Å². The molecule has 2 aliphatic rings. The monoisotopic (exact) mass is 533 g/mol. The van der Waals surface area contributed by atoms with Crippen LogP contribution in [0.5, 0.6) is 17.2 Å². The van der Waals surface area contributed by atoms with E-state index in [0.29, 0.717) is 23.5 Å². The molecule has 3 aromatic carbocycles. The number of aromatic nitrogens is 1. The second-order valence-corrected chi connectivity index (χ2v) is 12.8. The second kappa shape index (κ2) is 8.41. The first-order valence-electron chi connectivity index (χ1n) is 12.6. The van der Waals surface area contributed by atoms with Gasteiger partial charge in [-0.1, -0.05) is 52.8 Å². The van der Waals surface area contributed by atoms with Gasteiger partial charge in [-0.15, -0.1) is 11.3 Å². The van der Waals surface area contributed by atoms with Gasteiger partial charge in [0.15, 0.2) is 5.60 Å². The molecule has 8 heteroatoms. The van der Waals surface area contributed by atoms with Crippen molar-refractivity contribution >= 4 is 21.6 Å². The molecule has 0 saturated carbocycles. The van der Waals surface area contributed by atoms with Crippen molar-refractivity contribution in [1.82, 2.24) is 4.98 Å². The van der Waals surface area contributed by atoms with E-state index in [1.54, 1.807) is 18.2 Å². The zero-order valence-corrected chi connectivity index (χ0v) is 22.9. The van der Waals surface area contributed by atoms with Crippen molar-refractivity contribution in [3.05, 3.63) is 71.8 Å². The molecule has 0 aliphatic carbocycles. The lowest BCUT2D eigenvalue weighted by Crippen LogP contribution is -2.73. The van der Waals surface area contributed by atoms with Gasteiger partial charge in [-0.05, 0) is 42.0 Å². The first-order valence-corrected chi connectivity index (χ1v) is 13.4. The fourth-order valence-corrected chi connectivity index (χ4v) is 7.10. The number of fused-ring (bicyclic) bond motifs is 2. The van der Waals surface area contributed by atoms with E-state index in [4.69, 9.17) is 19.2 Å². The van der Waals surface area contributed by atoms with Gasteiger partial charge in [0.1, 0.15) is 28.9 Å². The van der Waals surface area contributed by atoms with Crippen molar-refractivity contribution in [3.8, 4) is 27.8 Å². The minimum Gasteiger partial charge on any atom is -0.508 e. The standard InChI is InChI=1S/C30H31NO6S/c1-27(2,3)30-28(4,5)17-35-29(30,36-37-30)19-13-20(32)15-21(14-19)34-16-18-10-11-22(24(33)12-18)26-31-23-8-6-7-9-25(23)38-26/h6-15,32-33H,16-17H2,1-5H3. The molecule has 2 fully saturated rings. The summed E-state index contributed by atoms with van der Waals surface area (Å²) < 4.78 is 13.4. The van der Waals surface area contributed by atoms with Gasteiger partial charge in [-0.2, -0.15) is 4.89 Å². The van der Waals surface area contributed by atoms with Crippen LogP contribution in [-0.2, 0) is 26.9 Å². The van der Waals surface area contributed by atoms with Gasteiger partial charge in [-0.3, -0.25) is 0 Å². The summed E-state index contributed by atoms with van der Waals surface area (Å²) in [6.07, 6.45) is 0. The molecule has 2 atom stereocenters. The normalized spacial score (nSPS) is 24.2. The van der Waals surface area contributed by atoms with Crippen LogP contribution in [0.4, 0.5) is 0 Å². The Hall–Kier alpha value is -3.17. The van der Waals surface area contributed by atoms with Crippen LogP contribution in [0.2, 0.25) is 0 Å². The Morgan fingerprint density at radius 1 is 1.00 bits per heavy atom. The van der Waals surface area contributed by atoms with E-state index in [9.17, 15) is 10.2 Å². The molecule has 6 rings (SSSR count). The molecule has 0 radical (unpaired) electrons. The maximum atomic E-state index is 10.7. The number of phenolic OH excluding ortho intramolecular Hbond substituents is 2. The lowest BCUT2D eigenvalue weighted by molar-refractivity contribution is -0.626. The zero-order chi connectivity index (χ0) is 26.9. The first-order chi connectivity index (χ1) is 18.0. The van der Waals surface area contributed by atoms with Crippen LogP contribution in [0.25, 0.3) is 20.8 Å². The Kier molecular flexibility index (Phi) is 5.56. The molecule has 0 bridgehead atoms. The average Bonchev–Trinajstić information content (AvgIpc) is 3.31. The number of benzene rings is 3. The molecule has 0 amide bonds. The zero-order valence-electron chi connectivity index (χ0n) is 22.1. The minimum absolute atomic E-state index is 0.0347.